The highest BCUT2D eigenvalue weighted by atomic mass is 16.5. The largest absolute Gasteiger partial charge is 0.378 e. The average Bonchev–Trinajstić information content (AvgIpc) is 2.96. The van der Waals surface area contributed by atoms with E-state index in [2.05, 4.69) is 64.4 Å². The van der Waals surface area contributed by atoms with Gasteiger partial charge in [0.2, 0.25) is 0 Å². The van der Waals surface area contributed by atoms with Gasteiger partial charge < -0.3 is 9.64 Å². The molecule has 4 nitrogen and oxygen atoms in total. The SMILES string of the molecule is c1ccc2c(c1)CCN(Cc1cc3ccccc3nc1N1CCOCC1)CC2. The zero-order valence-electron chi connectivity index (χ0n) is 16.3. The molecule has 2 aliphatic rings. The van der Waals surface area contributed by atoms with Crippen LogP contribution in [0.3, 0.4) is 0 Å². The van der Waals surface area contributed by atoms with E-state index in [1.54, 1.807) is 0 Å². The molecule has 0 radical (unpaired) electrons. The van der Waals surface area contributed by atoms with Gasteiger partial charge in [-0.25, -0.2) is 4.98 Å². The van der Waals surface area contributed by atoms with Crippen LogP contribution in [0.5, 0.6) is 0 Å². The zero-order chi connectivity index (χ0) is 18.8. The first kappa shape index (κ1) is 17.7. The molecule has 1 fully saturated rings. The minimum absolute atomic E-state index is 0.785. The molecule has 0 unspecified atom stereocenters. The molecule has 0 amide bonds. The molecular formula is C24H27N3O. The van der Waals surface area contributed by atoms with E-state index >= 15 is 0 Å². The highest BCUT2D eigenvalue weighted by Crippen LogP contribution is 2.27. The van der Waals surface area contributed by atoms with Crippen molar-refractivity contribution < 1.29 is 4.74 Å². The van der Waals surface area contributed by atoms with E-state index in [1.807, 2.05) is 0 Å². The third-order valence-corrected chi connectivity index (χ3v) is 6.00. The molecule has 0 saturated carbocycles. The van der Waals surface area contributed by atoms with Gasteiger partial charge in [0.05, 0.1) is 18.7 Å². The summed E-state index contributed by atoms with van der Waals surface area (Å²) in [6, 6.07) is 19.7. The van der Waals surface area contributed by atoms with Gasteiger partial charge in [-0.05, 0) is 36.1 Å². The molecule has 3 heterocycles. The third kappa shape index (κ3) is 3.62. The van der Waals surface area contributed by atoms with Gasteiger partial charge in [-0.2, -0.15) is 0 Å². The summed E-state index contributed by atoms with van der Waals surface area (Å²) in [6.07, 6.45) is 2.26. The maximum absolute atomic E-state index is 5.57. The number of rotatable bonds is 3. The molecule has 0 bridgehead atoms. The lowest BCUT2D eigenvalue weighted by molar-refractivity contribution is 0.122. The lowest BCUT2D eigenvalue weighted by atomic mass is 10.0. The Morgan fingerprint density at radius 3 is 2.25 bits per heavy atom. The molecule has 0 spiro atoms. The molecule has 0 N–H and O–H groups in total. The van der Waals surface area contributed by atoms with Crippen molar-refractivity contribution in [2.45, 2.75) is 19.4 Å². The van der Waals surface area contributed by atoms with E-state index in [0.717, 1.165) is 70.1 Å². The van der Waals surface area contributed by atoms with Crippen molar-refractivity contribution in [3.05, 3.63) is 71.3 Å². The predicted octanol–water partition coefficient (Wildman–Crippen LogP) is 3.67. The Bertz CT molecular complexity index is 938. The van der Waals surface area contributed by atoms with E-state index in [0.29, 0.717) is 0 Å². The van der Waals surface area contributed by atoms with Crippen molar-refractivity contribution in [1.29, 1.82) is 0 Å². The minimum atomic E-state index is 0.785. The molecule has 2 aliphatic heterocycles. The lowest BCUT2D eigenvalue weighted by Gasteiger charge is -2.31. The standard InChI is InChI=1S/C24H27N3O/c1-2-6-20-10-12-26(11-9-19(20)5-1)18-22-17-21-7-3-4-8-23(21)25-24(22)27-13-15-28-16-14-27/h1-8,17H,9-16,18H2. The first-order valence-corrected chi connectivity index (χ1v) is 10.4. The molecule has 0 aliphatic carbocycles. The molecule has 3 aromatic rings. The Kier molecular flexibility index (Phi) is 4.98. The van der Waals surface area contributed by atoms with Gasteiger partial charge >= 0.3 is 0 Å². The number of hydrogen-bond acceptors (Lipinski definition) is 4. The predicted molar refractivity (Wildman–Crippen MR) is 114 cm³/mol. The highest BCUT2D eigenvalue weighted by molar-refractivity contribution is 5.81. The number of nitrogens with zero attached hydrogens (tertiary/aromatic N) is 3. The first-order chi connectivity index (χ1) is 13.9. The molecule has 1 saturated heterocycles. The molecular weight excluding hydrogens is 346 g/mol. The Labute approximate surface area is 166 Å². The number of hydrogen-bond donors (Lipinski definition) is 0. The zero-order valence-corrected chi connectivity index (χ0v) is 16.3. The van der Waals surface area contributed by atoms with Gasteiger partial charge in [-0.1, -0.05) is 42.5 Å². The second-order valence-corrected chi connectivity index (χ2v) is 7.81. The van der Waals surface area contributed by atoms with Crippen molar-refractivity contribution in [1.82, 2.24) is 9.88 Å². The summed E-state index contributed by atoms with van der Waals surface area (Å²) in [5, 5.41) is 1.23. The number of benzene rings is 2. The van der Waals surface area contributed by atoms with Gasteiger partial charge in [0.25, 0.3) is 0 Å². The van der Waals surface area contributed by atoms with Crippen LogP contribution in [-0.4, -0.2) is 49.3 Å². The highest BCUT2D eigenvalue weighted by Gasteiger charge is 2.20. The Hall–Kier alpha value is -2.43. The summed E-state index contributed by atoms with van der Waals surface area (Å²) in [6.45, 7) is 6.57. The number of anilines is 1. The topological polar surface area (TPSA) is 28.6 Å². The van der Waals surface area contributed by atoms with Crippen molar-refractivity contribution in [3.8, 4) is 0 Å². The van der Waals surface area contributed by atoms with E-state index in [1.165, 1.54) is 22.1 Å². The Balaban J connectivity index is 1.44. The second-order valence-electron chi connectivity index (χ2n) is 7.81. The summed E-state index contributed by atoms with van der Waals surface area (Å²) in [4.78, 5) is 10.1. The van der Waals surface area contributed by atoms with Crippen LogP contribution in [-0.2, 0) is 24.1 Å². The fraction of sp³-hybridized carbons (Fsp3) is 0.375. The molecule has 4 heteroatoms. The lowest BCUT2D eigenvalue weighted by Crippen LogP contribution is -2.38. The summed E-state index contributed by atoms with van der Waals surface area (Å²) >= 11 is 0. The molecule has 1 aromatic heterocycles. The van der Waals surface area contributed by atoms with Crippen LogP contribution < -0.4 is 4.90 Å². The van der Waals surface area contributed by atoms with Crippen LogP contribution in [0.1, 0.15) is 16.7 Å². The molecule has 5 rings (SSSR count). The number of para-hydroxylation sites is 1. The van der Waals surface area contributed by atoms with Gasteiger partial charge in [0, 0.05) is 43.7 Å². The van der Waals surface area contributed by atoms with Crippen LogP contribution in [0.25, 0.3) is 10.9 Å². The number of morpholine rings is 1. The molecule has 144 valence electrons. The van der Waals surface area contributed by atoms with E-state index in [-0.39, 0.29) is 0 Å². The smallest absolute Gasteiger partial charge is 0.133 e. The Morgan fingerprint density at radius 2 is 1.50 bits per heavy atom. The summed E-state index contributed by atoms with van der Waals surface area (Å²) < 4.78 is 5.57. The first-order valence-electron chi connectivity index (χ1n) is 10.4. The van der Waals surface area contributed by atoms with Gasteiger partial charge in [0.15, 0.2) is 0 Å². The number of fused-ring (bicyclic) bond motifs is 2. The maximum atomic E-state index is 5.57. The van der Waals surface area contributed by atoms with Crippen molar-refractivity contribution in [3.63, 3.8) is 0 Å². The molecule has 0 atom stereocenters. The second kappa shape index (κ2) is 7.90. The van der Waals surface area contributed by atoms with E-state index in [4.69, 9.17) is 9.72 Å². The summed E-state index contributed by atoms with van der Waals surface area (Å²) in [5.41, 5.74) is 5.44. The average molecular weight is 374 g/mol. The normalized spacial score (nSPS) is 18.1. The summed E-state index contributed by atoms with van der Waals surface area (Å²) in [5.74, 6) is 1.14. The van der Waals surface area contributed by atoms with Crippen LogP contribution >= 0.6 is 0 Å². The van der Waals surface area contributed by atoms with E-state index < -0.39 is 0 Å². The number of pyridine rings is 1. The van der Waals surface area contributed by atoms with Gasteiger partial charge in [0.1, 0.15) is 5.82 Å². The van der Waals surface area contributed by atoms with Crippen molar-refractivity contribution in [2.24, 2.45) is 0 Å². The fourth-order valence-electron chi connectivity index (χ4n) is 4.43. The van der Waals surface area contributed by atoms with Crippen LogP contribution in [0.15, 0.2) is 54.6 Å². The number of ether oxygens (including phenoxy) is 1. The van der Waals surface area contributed by atoms with Crippen molar-refractivity contribution >= 4 is 16.7 Å². The molecule has 28 heavy (non-hydrogen) atoms. The van der Waals surface area contributed by atoms with Crippen LogP contribution in [0, 0.1) is 0 Å². The summed E-state index contributed by atoms with van der Waals surface area (Å²) in [7, 11) is 0. The quantitative estimate of drug-likeness (QED) is 0.700. The third-order valence-electron chi connectivity index (χ3n) is 6.00. The monoisotopic (exact) mass is 373 g/mol. The Morgan fingerprint density at radius 1 is 0.821 bits per heavy atom. The molecule has 2 aromatic carbocycles. The van der Waals surface area contributed by atoms with Gasteiger partial charge in [-0.15, -0.1) is 0 Å². The number of aromatic nitrogens is 1. The maximum Gasteiger partial charge on any atom is 0.133 e. The van der Waals surface area contributed by atoms with Gasteiger partial charge in [-0.3, -0.25) is 4.90 Å². The van der Waals surface area contributed by atoms with Crippen LogP contribution in [0.2, 0.25) is 0 Å². The van der Waals surface area contributed by atoms with E-state index in [9.17, 15) is 0 Å². The minimum Gasteiger partial charge on any atom is -0.378 e. The van der Waals surface area contributed by atoms with Crippen LogP contribution in [0.4, 0.5) is 5.82 Å². The van der Waals surface area contributed by atoms with Crippen molar-refractivity contribution in [2.75, 3.05) is 44.3 Å². The fourth-order valence-corrected chi connectivity index (χ4v) is 4.43.